The highest BCUT2D eigenvalue weighted by atomic mass is 14.8. The molecule has 2 heteroatoms. The van der Waals surface area contributed by atoms with Crippen LogP contribution in [0.3, 0.4) is 0 Å². The molecule has 0 spiro atoms. The van der Waals surface area contributed by atoms with Crippen molar-refractivity contribution in [3.8, 4) is 0 Å². The van der Waals surface area contributed by atoms with Gasteiger partial charge < -0.3 is 5.73 Å². The molecule has 0 saturated heterocycles. The van der Waals surface area contributed by atoms with Crippen LogP contribution in [0.1, 0.15) is 34.6 Å². The van der Waals surface area contributed by atoms with Crippen molar-refractivity contribution in [2.24, 2.45) is 16.1 Å². The van der Waals surface area contributed by atoms with E-state index in [0.717, 1.165) is 0 Å². The maximum Gasteiger partial charge on any atom is 0.0957 e. The van der Waals surface area contributed by atoms with Crippen molar-refractivity contribution in [1.29, 1.82) is 0 Å². The zero-order valence-electron chi connectivity index (χ0n) is 9.26. The van der Waals surface area contributed by atoms with Gasteiger partial charge in [0, 0.05) is 6.20 Å². The van der Waals surface area contributed by atoms with Gasteiger partial charge in [-0.3, -0.25) is 0 Å². The topological polar surface area (TPSA) is 38.4 Å². The van der Waals surface area contributed by atoms with Gasteiger partial charge in [-0.1, -0.05) is 26.8 Å². The van der Waals surface area contributed by atoms with Crippen LogP contribution in [0.5, 0.6) is 0 Å². The summed E-state index contributed by atoms with van der Waals surface area (Å²) in [5.41, 5.74) is 6.84. The Morgan fingerprint density at radius 1 is 1.31 bits per heavy atom. The summed E-state index contributed by atoms with van der Waals surface area (Å²) in [4.78, 5) is 4.00. The zero-order valence-corrected chi connectivity index (χ0v) is 9.26. The highest BCUT2D eigenvalue weighted by Gasteiger charge is 2.12. The summed E-state index contributed by atoms with van der Waals surface area (Å²) in [7, 11) is 0. The number of amidine groups is 1. The second kappa shape index (κ2) is 4.85. The molecule has 0 rings (SSSR count). The molecule has 0 saturated carbocycles. The molecule has 0 heterocycles. The molecule has 2 N–H and O–H groups in total. The molecule has 0 aliphatic rings. The monoisotopic (exact) mass is 180 g/mol. The molecule has 0 aliphatic heterocycles. The Bertz CT molecular complexity index is 235. The third kappa shape index (κ3) is 5.23. The Kier molecular flexibility index (Phi) is 4.46. The number of nitrogens with two attached hydrogens (primary N) is 1. The van der Waals surface area contributed by atoms with Gasteiger partial charge in [-0.25, -0.2) is 4.99 Å². The number of hydrogen-bond acceptors (Lipinski definition) is 1. The van der Waals surface area contributed by atoms with E-state index in [4.69, 9.17) is 5.73 Å². The molecule has 0 amide bonds. The maximum atomic E-state index is 5.41. The molecule has 0 bridgehead atoms. The highest BCUT2D eigenvalue weighted by molar-refractivity contribution is 5.78. The lowest BCUT2D eigenvalue weighted by Crippen LogP contribution is -2.07. The van der Waals surface area contributed by atoms with E-state index in [0.29, 0.717) is 5.84 Å². The molecule has 0 aromatic rings. The second-order valence-electron chi connectivity index (χ2n) is 4.08. The van der Waals surface area contributed by atoms with Gasteiger partial charge in [-0.05, 0) is 30.9 Å². The summed E-state index contributed by atoms with van der Waals surface area (Å²) in [6, 6.07) is 0. The van der Waals surface area contributed by atoms with Crippen LogP contribution in [0.4, 0.5) is 0 Å². The second-order valence-corrected chi connectivity index (χ2v) is 4.08. The van der Waals surface area contributed by atoms with Crippen LogP contribution in [0.2, 0.25) is 0 Å². The van der Waals surface area contributed by atoms with E-state index in [1.807, 2.05) is 13.0 Å². The first-order valence-electron chi connectivity index (χ1n) is 4.51. The van der Waals surface area contributed by atoms with Gasteiger partial charge in [-0.15, -0.1) is 0 Å². The summed E-state index contributed by atoms with van der Waals surface area (Å²) in [5.74, 6) is 0.584. The van der Waals surface area contributed by atoms with E-state index in [1.165, 1.54) is 5.57 Å². The Morgan fingerprint density at radius 2 is 1.85 bits per heavy atom. The molecule has 0 aliphatic carbocycles. The molecule has 13 heavy (non-hydrogen) atoms. The van der Waals surface area contributed by atoms with Crippen molar-refractivity contribution in [1.82, 2.24) is 0 Å². The molecule has 0 aromatic heterocycles. The van der Waals surface area contributed by atoms with E-state index in [1.54, 1.807) is 13.1 Å². The standard InChI is InChI=1S/C11H20N2/c1-6-10(11(3,4)5)7-8-13-9(2)12/h6-8H,1-5H3,(H2,12,13)/b8-7-,10-6+. The van der Waals surface area contributed by atoms with Crippen LogP contribution in [0.25, 0.3) is 0 Å². The van der Waals surface area contributed by atoms with Gasteiger partial charge in [0.1, 0.15) is 0 Å². The molecular weight excluding hydrogens is 160 g/mol. The van der Waals surface area contributed by atoms with E-state index in [9.17, 15) is 0 Å². The van der Waals surface area contributed by atoms with Gasteiger partial charge in [-0.2, -0.15) is 0 Å². The minimum Gasteiger partial charge on any atom is -0.387 e. The summed E-state index contributed by atoms with van der Waals surface area (Å²) in [5, 5.41) is 0. The Balaban J connectivity index is 4.51. The summed E-state index contributed by atoms with van der Waals surface area (Å²) in [6.07, 6.45) is 5.84. The van der Waals surface area contributed by atoms with E-state index in [-0.39, 0.29) is 5.41 Å². The molecule has 74 valence electrons. The van der Waals surface area contributed by atoms with E-state index >= 15 is 0 Å². The maximum absolute atomic E-state index is 5.41. The number of nitrogens with zero attached hydrogens (tertiary/aromatic N) is 1. The van der Waals surface area contributed by atoms with Crippen molar-refractivity contribution in [3.63, 3.8) is 0 Å². The Morgan fingerprint density at radius 3 is 2.15 bits per heavy atom. The largest absolute Gasteiger partial charge is 0.387 e. The van der Waals surface area contributed by atoms with Crippen molar-refractivity contribution in [2.45, 2.75) is 34.6 Å². The normalized spacial score (nSPS) is 15.5. The van der Waals surface area contributed by atoms with Crippen LogP contribution in [-0.2, 0) is 0 Å². The van der Waals surface area contributed by atoms with Gasteiger partial charge in [0.25, 0.3) is 0 Å². The average Bonchev–Trinajstić information content (AvgIpc) is 1.95. The van der Waals surface area contributed by atoms with Crippen molar-refractivity contribution in [2.75, 3.05) is 0 Å². The Hall–Kier alpha value is -1.05. The third-order valence-electron chi connectivity index (χ3n) is 1.71. The summed E-state index contributed by atoms with van der Waals surface area (Å²) < 4.78 is 0. The molecule has 0 atom stereocenters. The average molecular weight is 180 g/mol. The van der Waals surface area contributed by atoms with Gasteiger partial charge in [0.05, 0.1) is 5.84 Å². The quantitative estimate of drug-likeness (QED) is 0.396. The van der Waals surface area contributed by atoms with Gasteiger partial charge in [0.2, 0.25) is 0 Å². The Labute approximate surface area is 81.2 Å². The van der Waals surface area contributed by atoms with Gasteiger partial charge >= 0.3 is 0 Å². The lowest BCUT2D eigenvalue weighted by atomic mass is 9.86. The smallest absolute Gasteiger partial charge is 0.0957 e. The van der Waals surface area contributed by atoms with Crippen molar-refractivity contribution >= 4 is 5.84 Å². The first-order valence-corrected chi connectivity index (χ1v) is 4.51. The predicted octanol–water partition coefficient (Wildman–Crippen LogP) is 2.87. The number of allylic oxidation sites excluding steroid dienone is 3. The third-order valence-corrected chi connectivity index (χ3v) is 1.71. The van der Waals surface area contributed by atoms with Crippen LogP contribution in [-0.4, -0.2) is 5.84 Å². The highest BCUT2D eigenvalue weighted by Crippen LogP contribution is 2.25. The van der Waals surface area contributed by atoms with E-state index in [2.05, 4.69) is 31.8 Å². The number of rotatable bonds is 2. The minimum atomic E-state index is 0.170. The van der Waals surface area contributed by atoms with Crippen LogP contribution in [0.15, 0.2) is 28.9 Å². The fourth-order valence-corrected chi connectivity index (χ4v) is 1.01. The summed E-state index contributed by atoms with van der Waals surface area (Å²) >= 11 is 0. The fraction of sp³-hybridized carbons (Fsp3) is 0.545. The van der Waals surface area contributed by atoms with E-state index < -0.39 is 0 Å². The first kappa shape index (κ1) is 11.9. The van der Waals surface area contributed by atoms with Gasteiger partial charge in [0.15, 0.2) is 0 Å². The summed E-state index contributed by atoms with van der Waals surface area (Å²) in [6.45, 7) is 10.3. The molecule has 0 radical (unpaired) electrons. The minimum absolute atomic E-state index is 0.170. The predicted molar refractivity (Wildman–Crippen MR) is 59.6 cm³/mol. The molecular formula is C11H20N2. The molecule has 0 unspecified atom stereocenters. The van der Waals surface area contributed by atoms with Crippen molar-refractivity contribution < 1.29 is 0 Å². The molecule has 0 aromatic carbocycles. The van der Waals surface area contributed by atoms with Crippen molar-refractivity contribution in [3.05, 3.63) is 23.9 Å². The molecule has 2 nitrogen and oxygen atoms in total. The fourth-order valence-electron chi connectivity index (χ4n) is 1.01. The number of hydrogen-bond donors (Lipinski definition) is 1. The zero-order chi connectivity index (χ0) is 10.5. The molecule has 0 fully saturated rings. The SMILES string of the molecule is C/C=C(\C=C/N=C(C)N)C(C)(C)C. The lowest BCUT2D eigenvalue weighted by Gasteiger charge is -2.19. The lowest BCUT2D eigenvalue weighted by molar-refractivity contribution is 0.516. The number of aliphatic imine (C=N–C) groups is 1. The first-order chi connectivity index (χ1) is 5.88. The van der Waals surface area contributed by atoms with Crippen LogP contribution >= 0.6 is 0 Å². The van der Waals surface area contributed by atoms with Crippen LogP contribution < -0.4 is 5.73 Å². The van der Waals surface area contributed by atoms with Crippen LogP contribution in [0, 0.1) is 5.41 Å².